The zero-order valence-electron chi connectivity index (χ0n) is 14.2. The molecule has 0 fully saturated rings. The van der Waals surface area contributed by atoms with Gasteiger partial charge in [-0.05, 0) is 52.4 Å². The first-order valence-corrected chi connectivity index (χ1v) is 9.03. The lowest BCUT2D eigenvalue weighted by atomic mass is 9.86. The van der Waals surface area contributed by atoms with Crippen molar-refractivity contribution in [2.24, 2.45) is 0 Å². The summed E-state index contributed by atoms with van der Waals surface area (Å²) in [6.45, 7) is 6.74. The predicted octanol–water partition coefficient (Wildman–Crippen LogP) is 7.05. The van der Waals surface area contributed by atoms with Crippen LogP contribution < -0.4 is 0 Å². The Morgan fingerprint density at radius 3 is 1.96 bits per heavy atom. The highest BCUT2D eigenvalue weighted by atomic mass is 79.9. The second-order valence-corrected chi connectivity index (χ2v) is 8.32. The molecule has 120 valence electrons. The van der Waals surface area contributed by atoms with E-state index in [-0.39, 0.29) is 5.41 Å². The van der Waals surface area contributed by atoms with Crippen LogP contribution in [0.1, 0.15) is 26.3 Å². The topological polar surface area (TPSA) is 15.8 Å². The molecule has 2 heteroatoms. The maximum atomic E-state index is 3.58. The number of H-pyrrole nitrogens is 1. The van der Waals surface area contributed by atoms with Crippen LogP contribution in [-0.4, -0.2) is 4.98 Å². The number of aromatic nitrogens is 1. The molecule has 0 unspecified atom stereocenters. The standard InChI is InChI=1S/C22H20BrN/c1-22(2,3)16-7-4-14(5-8-16)15-6-10-20-18(12-15)19-13-17(23)9-11-21(19)24-20/h4-13,24H,1-3H3. The molecule has 4 aromatic rings. The highest BCUT2D eigenvalue weighted by Gasteiger charge is 2.13. The maximum Gasteiger partial charge on any atom is 0.0465 e. The summed E-state index contributed by atoms with van der Waals surface area (Å²) < 4.78 is 1.11. The van der Waals surface area contributed by atoms with Gasteiger partial charge in [0, 0.05) is 26.3 Å². The lowest BCUT2D eigenvalue weighted by molar-refractivity contribution is 0.590. The first kappa shape index (κ1) is 15.5. The number of fused-ring (bicyclic) bond motifs is 3. The quantitative estimate of drug-likeness (QED) is 0.365. The van der Waals surface area contributed by atoms with Crippen LogP contribution in [0.2, 0.25) is 0 Å². The fourth-order valence-electron chi connectivity index (χ4n) is 3.21. The monoisotopic (exact) mass is 377 g/mol. The van der Waals surface area contributed by atoms with Gasteiger partial charge in [-0.3, -0.25) is 0 Å². The third-order valence-electron chi connectivity index (χ3n) is 4.64. The van der Waals surface area contributed by atoms with Crippen molar-refractivity contribution in [1.29, 1.82) is 0 Å². The molecule has 1 N–H and O–H groups in total. The third-order valence-corrected chi connectivity index (χ3v) is 5.14. The van der Waals surface area contributed by atoms with Crippen molar-refractivity contribution < 1.29 is 0 Å². The summed E-state index contributed by atoms with van der Waals surface area (Å²) in [5.41, 5.74) is 6.42. The van der Waals surface area contributed by atoms with Gasteiger partial charge >= 0.3 is 0 Å². The van der Waals surface area contributed by atoms with Gasteiger partial charge in [-0.1, -0.05) is 67.0 Å². The average Bonchev–Trinajstić information content (AvgIpc) is 2.91. The Morgan fingerprint density at radius 2 is 1.29 bits per heavy atom. The van der Waals surface area contributed by atoms with Crippen molar-refractivity contribution in [3.63, 3.8) is 0 Å². The fraction of sp³-hybridized carbons (Fsp3) is 0.182. The molecular formula is C22H20BrN. The minimum Gasteiger partial charge on any atom is -0.355 e. The van der Waals surface area contributed by atoms with Gasteiger partial charge in [0.25, 0.3) is 0 Å². The fourth-order valence-corrected chi connectivity index (χ4v) is 3.57. The van der Waals surface area contributed by atoms with Crippen LogP contribution in [-0.2, 0) is 5.41 Å². The number of nitrogens with one attached hydrogen (secondary N) is 1. The molecule has 0 saturated heterocycles. The van der Waals surface area contributed by atoms with E-state index in [1.165, 1.54) is 38.5 Å². The van der Waals surface area contributed by atoms with Crippen LogP contribution in [0.25, 0.3) is 32.9 Å². The second-order valence-electron chi connectivity index (χ2n) is 7.40. The molecule has 3 aromatic carbocycles. The molecule has 0 aliphatic carbocycles. The Kier molecular flexibility index (Phi) is 3.54. The van der Waals surface area contributed by atoms with Crippen molar-refractivity contribution >= 4 is 37.7 Å². The number of halogens is 1. The number of benzene rings is 3. The molecule has 0 aliphatic rings. The largest absolute Gasteiger partial charge is 0.355 e. The van der Waals surface area contributed by atoms with E-state index in [4.69, 9.17) is 0 Å². The Hall–Kier alpha value is -2.06. The summed E-state index contributed by atoms with van der Waals surface area (Å²) in [6, 6.07) is 22.0. The molecular weight excluding hydrogens is 358 g/mol. The van der Waals surface area contributed by atoms with Crippen molar-refractivity contribution in [2.45, 2.75) is 26.2 Å². The number of hydrogen-bond acceptors (Lipinski definition) is 0. The van der Waals surface area contributed by atoms with Crippen LogP contribution in [0.3, 0.4) is 0 Å². The SMILES string of the molecule is CC(C)(C)c1ccc(-c2ccc3[nH]c4ccc(Br)cc4c3c2)cc1. The molecule has 1 aromatic heterocycles. The summed E-state index contributed by atoms with van der Waals surface area (Å²) in [7, 11) is 0. The summed E-state index contributed by atoms with van der Waals surface area (Å²) in [5, 5.41) is 2.52. The Bertz CT molecular complexity index is 1030. The Balaban J connectivity index is 1.85. The van der Waals surface area contributed by atoms with Gasteiger partial charge in [-0.25, -0.2) is 0 Å². The van der Waals surface area contributed by atoms with E-state index >= 15 is 0 Å². The van der Waals surface area contributed by atoms with Gasteiger partial charge in [0.15, 0.2) is 0 Å². The van der Waals surface area contributed by atoms with Crippen LogP contribution in [0.4, 0.5) is 0 Å². The van der Waals surface area contributed by atoms with E-state index in [0.717, 1.165) is 4.47 Å². The minimum atomic E-state index is 0.186. The van der Waals surface area contributed by atoms with Crippen LogP contribution in [0.5, 0.6) is 0 Å². The van der Waals surface area contributed by atoms with Crippen LogP contribution in [0, 0.1) is 0 Å². The number of rotatable bonds is 1. The summed E-state index contributed by atoms with van der Waals surface area (Å²) in [5.74, 6) is 0. The molecule has 1 nitrogen and oxygen atoms in total. The van der Waals surface area contributed by atoms with Crippen LogP contribution in [0.15, 0.2) is 65.1 Å². The highest BCUT2D eigenvalue weighted by molar-refractivity contribution is 9.10. The average molecular weight is 378 g/mol. The summed E-state index contributed by atoms with van der Waals surface area (Å²) in [6.07, 6.45) is 0. The van der Waals surface area contributed by atoms with E-state index in [9.17, 15) is 0 Å². The van der Waals surface area contributed by atoms with Gasteiger partial charge in [0.05, 0.1) is 0 Å². The minimum absolute atomic E-state index is 0.186. The van der Waals surface area contributed by atoms with E-state index in [0.29, 0.717) is 0 Å². The highest BCUT2D eigenvalue weighted by Crippen LogP contribution is 2.32. The van der Waals surface area contributed by atoms with Gasteiger partial charge in [0.2, 0.25) is 0 Å². The molecule has 0 radical (unpaired) electrons. The lowest BCUT2D eigenvalue weighted by Crippen LogP contribution is -2.10. The van der Waals surface area contributed by atoms with Crippen molar-refractivity contribution in [2.75, 3.05) is 0 Å². The van der Waals surface area contributed by atoms with Gasteiger partial charge in [-0.2, -0.15) is 0 Å². The Labute approximate surface area is 150 Å². The third kappa shape index (κ3) is 2.65. The molecule has 4 rings (SSSR count). The molecule has 0 saturated carbocycles. The zero-order valence-corrected chi connectivity index (χ0v) is 15.7. The smallest absolute Gasteiger partial charge is 0.0465 e. The molecule has 0 bridgehead atoms. The summed E-state index contributed by atoms with van der Waals surface area (Å²) >= 11 is 3.58. The second kappa shape index (κ2) is 5.49. The van der Waals surface area contributed by atoms with E-state index in [2.05, 4.69) is 102 Å². The summed E-state index contributed by atoms with van der Waals surface area (Å²) in [4.78, 5) is 3.49. The van der Waals surface area contributed by atoms with Crippen LogP contribution >= 0.6 is 15.9 Å². The first-order valence-electron chi connectivity index (χ1n) is 8.24. The Morgan fingerprint density at radius 1 is 0.708 bits per heavy atom. The van der Waals surface area contributed by atoms with Gasteiger partial charge in [0.1, 0.15) is 0 Å². The van der Waals surface area contributed by atoms with Crippen molar-refractivity contribution in [3.8, 4) is 11.1 Å². The van der Waals surface area contributed by atoms with Gasteiger partial charge in [-0.15, -0.1) is 0 Å². The molecule has 0 aliphatic heterocycles. The zero-order chi connectivity index (χ0) is 16.9. The molecule has 0 amide bonds. The van der Waals surface area contributed by atoms with E-state index < -0.39 is 0 Å². The number of aromatic amines is 1. The van der Waals surface area contributed by atoms with E-state index in [1.807, 2.05) is 0 Å². The first-order chi connectivity index (χ1) is 11.4. The normalized spacial score (nSPS) is 12.2. The molecule has 0 spiro atoms. The number of hydrogen-bond donors (Lipinski definition) is 1. The molecule has 1 heterocycles. The molecule has 0 atom stereocenters. The predicted molar refractivity (Wildman–Crippen MR) is 108 cm³/mol. The molecule has 24 heavy (non-hydrogen) atoms. The van der Waals surface area contributed by atoms with Crippen molar-refractivity contribution in [1.82, 2.24) is 4.98 Å². The van der Waals surface area contributed by atoms with Crippen molar-refractivity contribution in [3.05, 3.63) is 70.7 Å². The van der Waals surface area contributed by atoms with Gasteiger partial charge < -0.3 is 4.98 Å². The van der Waals surface area contributed by atoms with E-state index in [1.54, 1.807) is 0 Å². The maximum absolute atomic E-state index is 3.58. The lowest BCUT2D eigenvalue weighted by Gasteiger charge is -2.19.